The summed E-state index contributed by atoms with van der Waals surface area (Å²) in [5.41, 5.74) is 0. The molecule has 0 spiro atoms. The standard InChI is InChI=1S/C31H60O4.C2H6O2.Na.H/c1-4-6-8-10-12-14-16-18-20-22-24-26-30(32)34-28-29(3)35-31(33)27-25-23-21-19-17-15-13-11-9-7-5-2;3-1-2-4;;/h29H,4-28H2,1-3H3;3-4H,1-2H2;;. The van der Waals surface area contributed by atoms with Gasteiger partial charge < -0.3 is 19.7 Å². The molecule has 236 valence electrons. The van der Waals surface area contributed by atoms with Crippen molar-refractivity contribution in [2.24, 2.45) is 0 Å². The average molecular weight is 583 g/mol. The van der Waals surface area contributed by atoms with E-state index in [0.717, 1.165) is 25.7 Å². The van der Waals surface area contributed by atoms with E-state index in [1.165, 1.54) is 116 Å². The van der Waals surface area contributed by atoms with Crippen molar-refractivity contribution < 1.29 is 29.3 Å². The van der Waals surface area contributed by atoms with Gasteiger partial charge in [-0.05, 0) is 19.8 Å². The number of rotatable bonds is 28. The van der Waals surface area contributed by atoms with Gasteiger partial charge in [0, 0.05) is 12.8 Å². The summed E-state index contributed by atoms with van der Waals surface area (Å²) < 4.78 is 10.7. The van der Waals surface area contributed by atoms with Crippen LogP contribution in [0.5, 0.6) is 0 Å². The summed E-state index contributed by atoms with van der Waals surface area (Å²) in [4.78, 5) is 23.9. The second-order valence-electron chi connectivity index (χ2n) is 11.0. The Bertz CT molecular complexity index is 501. The van der Waals surface area contributed by atoms with E-state index in [-0.39, 0.29) is 67.4 Å². The van der Waals surface area contributed by atoms with Gasteiger partial charge in [0.15, 0.2) is 0 Å². The molecule has 6 nitrogen and oxygen atoms in total. The molecule has 0 bridgehead atoms. The predicted molar refractivity (Wildman–Crippen MR) is 170 cm³/mol. The minimum absolute atomic E-state index is 0. The molecule has 1 unspecified atom stereocenters. The number of aliphatic hydroxyl groups excluding tert-OH is 2. The van der Waals surface area contributed by atoms with Crippen molar-refractivity contribution >= 4 is 41.5 Å². The third-order valence-electron chi connectivity index (χ3n) is 6.88. The molecule has 2 N–H and O–H groups in total. The summed E-state index contributed by atoms with van der Waals surface area (Å²) in [6, 6.07) is 0. The zero-order valence-corrected chi connectivity index (χ0v) is 26.2. The molecule has 0 aromatic heterocycles. The number of aliphatic hydroxyl groups is 2. The zero-order valence-electron chi connectivity index (χ0n) is 26.2. The molecule has 0 amide bonds. The first-order valence-electron chi connectivity index (χ1n) is 16.6. The van der Waals surface area contributed by atoms with E-state index in [9.17, 15) is 9.59 Å². The van der Waals surface area contributed by atoms with Crippen molar-refractivity contribution in [3.8, 4) is 0 Å². The topological polar surface area (TPSA) is 93.1 Å². The van der Waals surface area contributed by atoms with E-state index in [1.807, 2.05) is 0 Å². The fraction of sp³-hybridized carbons (Fsp3) is 0.939. The second-order valence-corrected chi connectivity index (χ2v) is 11.0. The monoisotopic (exact) mass is 582 g/mol. The van der Waals surface area contributed by atoms with Crippen LogP contribution in [0.4, 0.5) is 0 Å². The van der Waals surface area contributed by atoms with Crippen LogP contribution in [0.15, 0.2) is 0 Å². The van der Waals surface area contributed by atoms with Crippen molar-refractivity contribution in [1.82, 2.24) is 0 Å². The number of carbonyl (C=O) groups excluding carboxylic acids is 2. The normalized spacial score (nSPS) is 11.2. The Morgan fingerprint density at radius 1 is 0.525 bits per heavy atom. The Hall–Kier alpha value is -0.140. The molecule has 0 aromatic rings. The Labute approximate surface area is 270 Å². The van der Waals surface area contributed by atoms with Gasteiger partial charge in [0.2, 0.25) is 0 Å². The number of carbonyl (C=O) groups is 2. The van der Waals surface area contributed by atoms with Gasteiger partial charge >= 0.3 is 41.5 Å². The molecule has 0 aliphatic carbocycles. The van der Waals surface area contributed by atoms with Gasteiger partial charge in [-0.25, -0.2) is 0 Å². The number of esters is 2. The Morgan fingerprint density at radius 3 is 1.15 bits per heavy atom. The van der Waals surface area contributed by atoms with Gasteiger partial charge in [0.05, 0.1) is 13.2 Å². The molecule has 40 heavy (non-hydrogen) atoms. The summed E-state index contributed by atoms with van der Waals surface area (Å²) in [7, 11) is 0. The molecule has 0 rings (SSSR count). The van der Waals surface area contributed by atoms with Crippen LogP contribution in [0.3, 0.4) is 0 Å². The Balaban J connectivity index is -0.00000255. The maximum absolute atomic E-state index is 12.0. The van der Waals surface area contributed by atoms with E-state index in [4.69, 9.17) is 19.7 Å². The van der Waals surface area contributed by atoms with E-state index < -0.39 is 0 Å². The van der Waals surface area contributed by atoms with Crippen LogP contribution in [0, 0.1) is 0 Å². The zero-order chi connectivity index (χ0) is 29.2. The van der Waals surface area contributed by atoms with E-state index in [0.29, 0.717) is 12.8 Å². The van der Waals surface area contributed by atoms with E-state index >= 15 is 0 Å². The number of unbranched alkanes of at least 4 members (excludes halogenated alkanes) is 20. The Kier molecular flexibility index (Phi) is 43.0. The van der Waals surface area contributed by atoms with Gasteiger partial charge in [-0.1, -0.05) is 142 Å². The van der Waals surface area contributed by atoms with E-state index in [1.54, 1.807) is 6.92 Å². The fourth-order valence-corrected chi connectivity index (χ4v) is 4.47. The molecule has 1 atom stereocenters. The summed E-state index contributed by atoms with van der Waals surface area (Å²) >= 11 is 0. The van der Waals surface area contributed by atoms with Gasteiger partial charge in [-0.2, -0.15) is 0 Å². The van der Waals surface area contributed by atoms with Gasteiger partial charge in [0.1, 0.15) is 12.7 Å². The molecular formula is C33H67NaO6. The summed E-state index contributed by atoms with van der Waals surface area (Å²) in [5, 5.41) is 15.2. The molecule has 7 heteroatoms. The third kappa shape index (κ3) is 40.0. The fourth-order valence-electron chi connectivity index (χ4n) is 4.47. The van der Waals surface area contributed by atoms with Gasteiger partial charge in [0.25, 0.3) is 0 Å². The van der Waals surface area contributed by atoms with Crippen LogP contribution < -0.4 is 0 Å². The second kappa shape index (κ2) is 38.9. The van der Waals surface area contributed by atoms with Crippen LogP contribution in [0.25, 0.3) is 0 Å². The molecule has 0 heterocycles. The van der Waals surface area contributed by atoms with Gasteiger partial charge in [-0.15, -0.1) is 0 Å². The van der Waals surface area contributed by atoms with Crippen molar-refractivity contribution in [3.05, 3.63) is 0 Å². The molecule has 0 aromatic carbocycles. The number of ether oxygens (including phenoxy) is 2. The van der Waals surface area contributed by atoms with Crippen LogP contribution in [-0.2, 0) is 19.1 Å². The van der Waals surface area contributed by atoms with Gasteiger partial charge in [-0.3, -0.25) is 9.59 Å². The van der Waals surface area contributed by atoms with Crippen LogP contribution >= 0.6 is 0 Å². The van der Waals surface area contributed by atoms with Crippen molar-refractivity contribution in [2.45, 2.75) is 181 Å². The van der Waals surface area contributed by atoms with Crippen molar-refractivity contribution in [3.63, 3.8) is 0 Å². The predicted octanol–water partition coefficient (Wildman–Crippen LogP) is 8.19. The van der Waals surface area contributed by atoms with Crippen LogP contribution in [0.1, 0.15) is 175 Å². The number of hydrogen-bond acceptors (Lipinski definition) is 6. The minimum atomic E-state index is -0.364. The third-order valence-corrected chi connectivity index (χ3v) is 6.88. The molecule has 0 saturated heterocycles. The molecule has 0 aliphatic heterocycles. The van der Waals surface area contributed by atoms with Crippen LogP contribution in [-0.4, -0.2) is 77.6 Å². The molecular weight excluding hydrogens is 515 g/mol. The Morgan fingerprint density at radius 2 is 0.825 bits per heavy atom. The van der Waals surface area contributed by atoms with E-state index in [2.05, 4.69) is 13.8 Å². The summed E-state index contributed by atoms with van der Waals surface area (Å²) in [5.74, 6) is -0.343. The van der Waals surface area contributed by atoms with Crippen molar-refractivity contribution in [2.75, 3.05) is 19.8 Å². The van der Waals surface area contributed by atoms with Crippen LogP contribution in [0.2, 0.25) is 0 Å². The first-order chi connectivity index (χ1) is 19.0. The molecule has 0 radical (unpaired) electrons. The summed E-state index contributed by atoms with van der Waals surface area (Å²) in [6.45, 7) is 6.23. The molecule has 0 saturated carbocycles. The molecule has 0 aliphatic rings. The number of hydrogen-bond donors (Lipinski definition) is 2. The quantitative estimate of drug-likeness (QED) is 0.0549. The SMILES string of the molecule is CCCCCCCCCCCCCC(=O)OCC(C)OC(=O)CCCCCCCCCCCCC.OCCO.[NaH]. The summed E-state index contributed by atoms with van der Waals surface area (Å²) in [6.07, 6.45) is 28.5. The maximum atomic E-state index is 12.0. The first kappa shape index (κ1) is 44.3. The first-order valence-corrected chi connectivity index (χ1v) is 16.6. The van der Waals surface area contributed by atoms with Crippen molar-refractivity contribution in [1.29, 1.82) is 0 Å². The average Bonchev–Trinajstić information content (AvgIpc) is 2.93. The molecule has 0 fully saturated rings.